The molecule has 6 heteroatoms. The summed E-state index contributed by atoms with van der Waals surface area (Å²) >= 11 is 0. The third-order valence-electron chi connectivity index (χ3n) is 2.73. The van der Waals surface area contributed by atoms with E-state index in [1.165, 1.54) is 0 Å². The summed E-state index contributed by atoms with van der Waals surface area (Å²) in [6.45, 7) is 4.61. The zero-order valence-electron chi connectivity index (χ0n) is 12.3. The van der Waals surface area contributed by atoms with E-state index in [1.807, 2.05) is 17.0 Å². The first-order valence-corrected chi connectivity index (χ1v) is 6.83. The second-order valence-electron chi connectivity index (χ2n) is 4.43. The highest BCUT2D eigenvalue weighted by Crippen LogP contribution is 2.25. The number of anilines is 1. The van der Waals surface area contributed by atoms with Crippen LogP contribution in [0.3, 0.4) is 0 Å². The maximum Gasteiger partial charge on any atom is 0.171 e. The Hall–Kier alpha value is -1.82. The predicted octanol–water partition coefficient (Wildman–Crippen LogP) is 1.65. The molecule has 1 aromatic heterocycles. The van der Waals surface area contributed by atoms with Gasteiger partial charge in [0.2, 0.25) is 0 Å². The fourth-order valence-electron chi connectivity index (χ4n) is 1.72. The van der Waals surface area contributed by atoms with E-state index in [1.54, 1.807) is 13.3 Å². The number of hydrogen-bond donors (Lipinski definition) is 2. The van der Waals surface area contributed by atoms with Crippen LogP contribution in [0.1, 0.15) is 19.8 Å². The van der Waals surface area contributed by atoms with E-state index >= 15 is 0 Å². The van der Waals surface area contributed by atoms with Crippen LogP contribution in [0, 0.1) is 5.41 Å². The maximum atomic E-state index is 7.36. The summed E-state index contributed by atoms with van der Waals surface area (Å²) in [6.07, 6.45) is 3.18. The summed E-state index contributed by atoms with van der Waals surface area (Å²) in [7, 11) is 1.66. The van der Waals surface area contributed by atoms with Gasteiger partial charge in [-0.3, -0.25) is 5.41 Å². The molecule has 0 unspecified atom stereocenters. The van der Waals surface area contributed by atoms with Crippen LogP contribution in [0.4, 0.5) is 5.82 Å². The van der Waals surface area contributed by atoms with E-state index in [2.05, 4.69) is 11.9 Å². The van der Waals surface area contributed by atoms with E-state index in [4.69, 9.17) is 20.6 Å². The normalized spacial score (nSPS) is 10.3. The minimum Gasteiger partial charge on any atom is -0.490 e. The van der Waals surface area contributed by atoms with Gasteiger partial charge in [0.25, 0.3) is 0 Å². The van der Waals surface area contributed by atoms with Gasteiger partial charge in [-0.1, -0.05) is 6.92 Å². The lowest BCUT2D eigenvalue weighted by molar-refractivity contribution is 0.205. The number of ether oxygens (including phenoxy) is 2. The van der Waals surface area contributed by atoms with Crippen molar-refractivity contribution in [1.29, 1.82) is 5.41 Å². The molecule has 0 fully saturated rings. The number of nitrogens with one attached hydrogen (secondary N) is 1. The molecule has 6 nitrogen and oxygen atoms in total. The minimum absolute atomic E-state index is 0.166. The predicted molar refractivity (Wildman–Crippen MR) is 80.6 cm³/mol. The number of rotatable bonds is 10. The van der Waals surface area contributed by atoms with E-state index in [0.717, 1.165) is 18.0 Å². The van der Waals surface area contributed by atoms with Gasteiger partial charge in [-0.15, -0.1) is 0 Å². The van der Waals surface area contributed by atoms with Crippen molar-refractivity contribution in [3.8, 4) is 5.75 Å². The van der Waals surface area contributed by atoms with Crippen molar-refractivity contribution < 1.29 is 9.47 Å². The highest BCUT2D eigenvalue weighted by atomic mass is 16.5. The molecule has 0 saturated heterocycles. The molecule has 0 aliphatic carbocycles. The lowest BCUT2D eigenvalue weighted by Gasteiger charge is -2.25. The summed E-state index contributed by atoms with van der Waals surface area (Å²) < 4.78 is 10.9. The van der Waals surface area contributed by atoms with Crippen molar-refractivity contribution in [2.45, 2.75) is 19.8 Å². The van der Waals surface area contributed by atoms with Gasteiger partial charge in [-0.2, -0.15) is 0 Å². The second-order valence-corrected chi connectivity index (χ2v) is 4.43. The summed E-state index contributed by atoms with van der Waals surface area (Å²) in [6, 6.07) is 3.76. The Morgan fingerprint density at radius 3 is 2.85 bits per heavy atom. The summed E-state index contributed by atoms with van der Waals surface area (Å²) in [5, 5.41) is 7.36. The Kier molecular flexibility index (Phi) is 7.42. The van der Waals surface area contributed by atoms with Gasteiger partial charge < -0.3 is 20.1 Å². The lowest BCUT2D eigenvalue weighted by Crippen LogP contribution is -2.32. The van der Waals surface area contributed by atoms with Crippen molar-refractivity contribution in [3.05, 3.63) is 18.3 Å². The standard InChI is InChI=1S/C14H24N4O2/c1-3-10-20-12-5-4-7-17-14(12)18(9-11-19-2)8-6-13(15)16/h4-5,7H,3,6,8-11H2,1-2H3,(H3,15,16). The average Bonchev–Trinajstić information content (AvgIpc) is 2.45. The van der Waals surface area contributed by atoms with E-state index < -0.39 is 0 Å². The van der Waals surface area contributed by atoms with Gasteiger partial charge >= 0.3 is 0 Å². The molecule has 0 atom stereocenters. The van der Waals surface area contributed by atoms with E-state index in [0.29, 0.717) is 32.7 Å². The molecule has 0 aromatic carbocycles. The van der Waals surface area contributed by atoms with Gasteiger partial charge in [0, 0.05) is 32.8 Å². The maximum absolute atomic E-state index is 7.36. The van der Waals surface area contributed by atoms with Crippen molar-refractivity contribution >= 4 is 11.7 Å². The van der Waals surface area contributed by atoms with Crippen LogP contribution in [0.15, 0.2) is 18.3 Å². The van der Waals surface area contributed by atoms with Gasteiger partial charge in [-0.25, -0.2) is 4.98 Å². The topological polar surface area (TPSA) is 84.5 Å². The summed E-state index contributed by atoms with van der Waals surface area (Å²) in [5.74, 6) is 1.70. The Labute approximate surface area is 120 Å². The van der Waals surface area contributed by atoms with Crippen LogP contribution in [0.5, 0.6) is 5.75 Å². The van der Waals surface area contributed by atoms with Crippen LogP contribution < -0.4 is 15.4 Å². The largest absolute Gasteiger partial charge is 0.490 e. The average molecular weight is 280 g/mol. The molecule has 0 spiro atoms. The van der Waals surface area contributed by atoms with Crippen molar-refractivity contribution in [2.75, 3.05) is 38.3 Å². The van der Waals surface area contributed by atoms with Crippen LogP contribution >= 0.6 is 0 Å². The quantitative estimate of drug-likeness (QED) is 0.503. The molecular weight excluding hydrogens is 256 g/mol. The zero-order valence-corrected chi connectivity index (χ0v) is 12.3. The fraction of sp³-hybridized carbons (Fsp3) is 0.571. The summed E-state index contributed by atoms with van der Waals surface area (Å²) in [5.41, 5.74) is 5.44. The lowest BCUT2D eigenvalue weighted by atomic mass is 10.3. The molecule has 0 aliphatic heterocycles. The SMILES string of the molecule is CCCOc1cccnc1N(CCOC)CCC(=N)N. The molecule has 1 heterocycles. The molecule has 0 saturated carbocycles. The highest BCUT2D eigenvalue weighted by molar-refractivity contribution is 5.77. The molecule has 0 bridgehead atoms. The first-order chi connectivity index (χ1) is 9.69. The van der Waals surface area contributed by atoms with Crippen LogP contribution in [-0.4, -0.2) is 44.2 Å². The van der Waals surface area contributed by atoms with Gasteiger partial charge in [0.15, 0.2) is 11.6 Å². The van der Waals surface area contributed by atoms with Crippen molar-refractivity contribution in [1.82, 2.24) is 4.98 Å². The Morgan fingerprint density at radius 2 is 2.20 bits per heavy atom. The van der Waals surface area contributed by atoms with Crippen molar-refractivity contribution in [2.24, 2.45) is 5.73 Å². The third kappa shape index (κ3) is 5.44. The molecule has 0 amide bonds. The first kappa shape index (κ1) is 16.2. The number of nitrogens with zero attached hydrogens (tertiary/aromatic N) is 2. The zero-order chi connectivity index (χ0) is 14.8. The first-order valence-electron chi connectivity index (χ1n) is 6.83. The van der Waals surface area contributed by atoms with Gasteiger partial charge in [0.1, 0.15) is 0 Å². The molecule has 3 N–H and O–H groups in total. The summed E-state index contributed by atoms with van der Waals surface area (Å²) in [4.78, 5) is 6.43. The Morgan fingerprint density at radius 1 is 1.40 bits per heavy atom. The number of hydrogen-bond acceptors (Lipinski definition) is 5. The Balaban J connectivity index is 2.84. The molecular formula is C14H24N4O2. The monoisotopic (exact) mass is 280 g/mol. The van der Waals surface area contributed by atoms with Crippen molar-refractivity contribution in [3.63, 3.8) is 0 Å². The van der Waals surface area contributed by atoms with E-state index in [9.17, 15) is 0 Å². The molecule has 0 aliphatic rings. The molecule has 20 heavy (non-hydrogen) atoms. The molecule has 1 aromatic rings. The molecule has 112 valence electrons. The number of methoxy groups -OCH3 is 1. The number of aromatic nitrogens is 1. The van der Waals surface area contributed by atoms with Gasteiger partial charge in [0.05, 0.1) is 19.0 Å². The number of amidine groups is 1. The Bertz CT molecular complexity index is 412. The van der Waals surface area contributed by atoms with Crippen LogP contribution in [-0.2, 0) is 4.74 Å². The third-order valence-corrected chi connectivity index (χ3v) is 2.73. The molecule has 0 radical (unpaired) electrons. The second kappa shape index (κ2) is 9.14. The fourth-order valence-corrected chi connectivity index (χ4v) is 1.72. The molecule has 1 rings (SSSR count). The number of nitrogens with two attached hydrogens (primary N) is 1. The van der Waals surface area contributed by atoms with Crippen LogP contribution in [0.25, 0.3) is 0 Å². The minimum atomic E-state index is 0.166. The highest BCUT2D eigenvalue weighted by Gasteiger charge is 2.13. The van der Waals surface area contributed by atoms with Gasteiger partial charge in [-0.05, 0) is 18.6 Å². The number of pyridine rings is 1. The van der Waals surface area contributed by atoms with Crippen LogP contribution in [0.2, 0.25) is 0 Å². The smallest absolute Gasteiger partial charge is 0.171 e. The van der Waals surface area contributed by atoms with E-state index in [-0.39, 0.29) is 5.84 Å².